The van der Waals surface area contributed by atoms with Crippen LogP contribution in [0.5, 0.6) is 0 Å². The number of amides is 1. The zero-order valence-corrected chi connectivity index (χ0v) is 18.0. The van der Waals surface area contributed by atoms with E-state index < -0.39 is 5.41 Å². The number of likely N-dealkylation sites (tertiary alicyclic amines) is 1. The summed E-state index contributed by atoms with van der Waals surface area (Å²) in [5.74, 6) is 0.701. The molecule has 170 valence electrons. The number of carbonyl (C=O) groups is 1. The summed E-state index contributed by atoms with van der Waals surface area (Å²) in [7, 11) is 0. The molecule has 3 saturated heterocycles. The number of aliphatic hydroxyl groups excluding tert-OH is 1. The number of anilines is 1. The van der Waals surface area contributed by atoms with Gasteiger partial charge in [0, 0.05) is 50.4 Å². The molecule has 0 atom stereocenters. The topological polar surface area (TPSA) is 108 Å². The first-order valence-electron chi connectivity index (χ1n) is 11.5. The number of fused-ring (bicyclic) bond motifs is 2. The van der Waals surface area contributed by atoms with E-state index in [2.05, 4.69) is 9.88 Å². The fourth-order valence-electron chi connectivity index (χ4n) is 5.73. The maximum Gasteiger partial charge on any atom is 0.255 e. The first kappa shape index (κ1) is 20.9. The molecule has 3 aliphatic heterocycles. The monoisotopic (exact) mass is 432 g/mol. The van der Waals surface area contributed by atoms with Gasteiger partial charge in [-0.15, -0.1) is 0 Å². The van der Waals surface area contributed by atoms with Crippen molar-refractivity contribution in [3.63, 3.8) is 0 Å². The number of hydrogen-bond donors (Lipinski definition) is 2. The minimum atomic E-state index is -0.699. The fraction of sp³-hybridized carbons (Fsp3) is 0.773. The van der Waals surface area contributed by atoms with Gasteiger partial charge in [0.05, 0.1) is 30.9 Å². The number of aromatic nitrogens is 2. The van der Waals surface area contributed by atoms with Crippen molar-refractivity contribution in [2.75, 3.05) is 64.1 Å². The molecule has 3 fully saturated rings. The van der Waals surface area contributed by atoms with Crippen LogP contribution in [0, 0.1) is 5.41 Å². The summed E-state index contributed by atoms with van der Waals surface area (Å²) in [5.41, 5.74) is 0.891. The van der Waals surface area contributed by atoms with E-state index in [1.807, 2.05) is 4.90 Å². The molecule has 9 heteroatoms. The summed E-state index contributed by atoms with van der Waals surface area (Å²) in [6.45, 7) is 4.93. The van der Waals surface area contributed by atoms with E-state index >= 15 is 0 Å². The highest BCUT2D eigenvalue weighted by atomic mass is 16.5. The third-order valence-electron chi connectivity index (χ3n) is 7.88. The van der Waals surface area contributed by atoms with Crippen LogP contribution in [-0.4, -0.2) is 85.1 Å². The predicted molar refractivity (Wildman–Crippen MR) is 113 cm³/mol. The third-order valence-corrected chi connectivity index (χ3v) is 7.88. The van der Waals surface area contributed by atoms with E-state index in [0.29, 0.717) is 58.3 Å². The van der Waals surface area contributed by atoms with Gasteiger partial charge in [-0.2, -0.15) is 0 Å². The van der Waals surface area contributed by atoms with E-state index in [1.165, 1.54) is 0 Å². The van der Waals surface area contributed by atoms with Crippen molar-refractivity contribution in [1.29, 1.82) is 0 Å². The molecule has 4 aliphatic rings. The number of aromatic amines is 1. The molecule has 2 N–H and O–H groups in total. The molecule has 1 amide bonds. The number of carbonyl (C=O) groups excluding carboxylic acids is 1. The standard InChI is InChI=1S/C22H32N4O5/c27-15-22(5-11-30-12-6-22)19(29)25-7-3-21(4-8-25)2-1-16-17(21)23-20(24-18(16)28)26-9-13-31-14-10-26/h27H,1-15H2,(H,23,24,28). The molecule has 0 aromatic carbocycles. The van der Waals surface area contributed by atoms with Crippen LogP contribution in [0.3, 0.4) is 0 Å². The molecular weight excluding hydrogens is 400 g/mol. The highest BCUT2D eigenvalue weighted by Crippen LogP contribution is 2.45. The Morgan fingerprint density at radius 1 is 1.00 bits per heavy atom. The average Bonchev–Trinajstić information content (AvgIpc) is 3.18. The molecule has 9 nitrogen and oxygen atoms in total. The van der Waals surface area contributed by atoms with Gasteiger partial charge in [-0.05, 0) is 38.5 Å². The van der Waals surface area contributed by atoms with E-state index in [9.17, 15) is 14.7 Å². The molecule has 0 bridgehead atoms. The molecular formula is C22H32N4O5. The number of piperidine rings is 1. The SMILES string of the molecule is O=C(N1CCC2(CCc3c2nc(N2CCOCC2)[nH]c3=O)CC1)C1(CO)CCOCC1. The summed E-state index contributed by atoms with van der Waals surface area (Å²) in [6.07, 6.45) is 4.42. The summed E-state index contributed by atoms with van der Waals surface area (Å²) >= 11 is 0. The van der Waals surface area contributed by atoms with Crippen molar-refractivity contribution in [1.82, 2.24) is 14.9 Å². The van der Waals surface area contributed by atoms with Gasteiger partial charge in [0.2, 0.25) is 11.9 Å². The van der Waals surface area contributed by atoms with Crippen LogP contribution in [0.2, 0.25) is 0 Å². The number of rotatable bonds is 3. The molecule has 1 aromatic rings. The van der Waals surface area contributed by atoms with Gasteiger partial charge < -0.3 is 24.4 Å². The minimum Gasteiger partial charge on any atom is -0.395 e. The van der Waals surface area contributed by atoms with Gasteiger partial charge in [-0.1, -0.05) is 0 Å². The number of nitrogens with one attached hydrogen (secondary N) is 1. The van der Waals surface area contributed by atoms with Crippen LogP contribution in [0.4, 0.5) is 5.95 Å². The zero-order valence-electron chi connectivity index (χ0n) is 18.0. The molecule has 0 unspecified atom stereocenters. The van der Waals surface area contributed by atoms with E-state index in [1.54, 1.807) is 0 Å². The van der Waals surface area contributed by atoms with Crippen LogP contribution < -0.4 is 10.5 Å². The van der Waals surface area contributed by atoms with Crippen LogP contribution in [0.25, 0.3) is 0 Å². The number of hydrogen-bond acceptors (Lipinski definition) is 7. The van der Waals surface area contributed by atoms with E-state index in [4.69, 9.17) is 14.5 Å². The lowest BCUT2D eigenvalue weighted by atomic mass is 9.74. The second-order valence-electron chi connectivity index (χ2n) is 9.44. The number of aliphatic hydroxyl groups is 1. The third kappa shape index (κ3) is 3.56. The Labute approximate surface area is 181 Å². The van der Waals surface area contributed by atoms with Gasteiger partial charge in [0.15, 0.2) is 0 Å². The lowest BCUT2D eigenvalue weighted by molar-refractivity contribution is -0.153. The molecule has 1 aliphatic carbocycles. The number of H-pyrrole nitrogens is 1. The minimum absolute atomic E-state index is 0.0247. The smallest absolute Gasteiger partial charge is 0.255 e. The largest absolute Gasteiger partial charge is 0.395 e. The molecule has 1 aromatic heterocycles. The molecule has 31 heavy (non-hydrogen) atoms. The van der Waals surface area contributed by atoms with Crippen molar-refractivity contribution in [2.45, 2.75) is 43.9 Å². The van der Waals surface area contributed by atoms with Gasteiger partial charge >= 0.3 is 0 Å². The first-order chi connectivity index (χ1) is 15.1. The number of morpholine rings is 1. The van der Waals surface area contributed by atoms with Crippen molar-refractivity contribution in [2.24, 2.45) is 5.41 Å². The molecule has 4 heterocycles. The summed E-state index contributed by atoms with van der Waals surface area (Å²) in [4.78, 5) is 38.0. The Kier molecular flexibility index (Phi) is 5.52. The molecule has 1 spiro atoms. The molecule has 5 rings (SSSR count). The lowest BCUT2D eigenvalue weighted by Crippen LogP contribution is -2.53. The van der Waals surface area contributed by atoms with Gasteiger partial charge in [0.25, 0.3) is 5.56 Å². The van der Waals surface area contributed by atoms with Crippen LogP contribution in [0.15, 0.2) is 4.79 Å². The van der Waals surface area contributed by atoms with Gasteiger partial charge in [0.1, 0.15) is 0 Å². The van der Waals surface area contributed by atoms with E-state index in [0.717, 1.165) is 50.0 Å². The normalized spacial score (nSPS) is 24.9. The van der Waals surface area contributed by atoms with Crippen LogP contribution in [0.1, 0.15) is 43.4 Å². The fourth-order valence-corrected chi connectivity index (χ4v) is 5.73. The van der Waals surface area contributed by atoms with Crippen molar-refractivity contribution in [3.05, 3.63) is 21.6 Å². The van der Waals surface area contributed by atoms with Crippen molar-refractivity contribution in [3.8, 4) is 0 Å². The zero-order chi connectivity index (χ0) is 21.5. The van der Waals surface area contributed by atoms with Gasteiger partial charge in [-0.3, -0.25) is 14.6 Å². The Morgan fingerprint density at radius 2 is 1.68 bits per heavy atom. The lowest BCUT2D eigenvalue weighted by Gasteiger charge is -2.44. The quantitative estimate of drug-likeness (QED) is 0.703. The second kappa shape index (κ2) is 8.18. The number of ether oxygens (including phenoxy) is 2. The van der Waals surface area contributed by atoms with Gasteiger partial charge in [-0.25, -0.2) is 4.98 Å². The second-order valence-corrected chi connectivity index (χ2v) is 9.44. The maximum absolute atomic E-state index is 13.3. The predicted octanol–water partition coefficient (Wildman–Crippen LogP) is 0.202. The highest BCUT2D eigenvalue weighted by Gasteiger charge is 2.48. The molecule has 0 saturated carbocycles. The van der Waals surface area contributed by atoms with Crippen molar-refractivity contribution >= 4 is 11.9 Å². The Hall–Kier alpha value is -1.97. The Bertz CT molecular complexity index is 880. The van der Waals surface area contributed by atoms with Crippen LogP contribution in [-0.2, 0) is 26.1 Å². The Morgan fingerprint density at radius 3 is 2.35 bits per heavy atom. The van der Waals surface area contributed by atoms with Crippen LogP contribution >= 0.6 is 0 Å². The summed E-state index contributed by atoms with van der Waals surface area (Å²) < 4.78 is 10.8. The highest BCUT2D eigenvalue weighted by molar-refractivity contribution is 5.83. The Balaban J connectivity index is 1.35. The maximum atomic E-state index is 13.3. The summed E-state index contributed by atoms with van der Waals surface area (Å²) in [6, 6.07) is 0. The molecule has 0 radical (unpaired) electrons. The summed E-state index contributed by atoms with van der Waals surface area (Å²) in [5, 5.41) is 10.00. The average molecular weight is 433 g/mol. The number of nitrogens with zero attached hydrogens (tertiary/aromatic N) is 3. The van der Waals surface area contributed by atoms with Crippen molar-refractivity contribution < 1.29 is 19.4 Å². The van der Waals surface area contributed by atoms with E-state index in [-0.39, 0.29) is 23.5 Å². The first-order valence-corrected chi connectivity index (χ1v) is 11.5.